The number of esters is 3. The normalized spacial score (nSPS) is 37.9. The molecule has 33 heavy (non-hydrogen) atoms. The van der Waals surface area contributed by atoms with Crippen LogP contribution in [0.5, 0.6) is 0 Å². The zero-order valence-electron chi connectivity index (χ0n) is 20.9. The molecule has 3 aliphatic rings. The number of carbonyl (C=O) groups excluding carboxylic acids is 3. The maximum absolute atomic E-state index is 12.3. The van der Waals surface area contributed by atoms with Crippen molar-refractivity contribution in [1.29, 1.82) is 0 Å². The van der Waals surface area contributed by atoms with Gasteiger partial charge in [0.25, 0.3) is 0 Å². The molecule has 2 fully saturated rings. The Morgan fingerprint density at radius 1 is 0.970 bits per heavy atom. The van der Waals surface area contributed by atoms with Crippen molar-refractivity contribution in [2.24, 2.45) is 22.7 Å². The fraction of sp³-hybridized carbons (Fsp3) is 0.731. The van der Waals surface area contributed by atoms with E-state index in [1.54, 1.807) is 0 Å². The van der Waals surface area contributed by atoms with Gasteiger partial charge in [0.15, 0.2) is 6.10 Å². The largest absolute Gasteiger partial charge is 0.458 e. The predicted molar refractivity (Wildman–Crippen MR) is 122 cm³/mol. The average Bonchev–Trinajstić information content (AvgIpc) is 2.67. The van der Waals surface area contributed by atoms with Crippen LogP contribution in [0, 0.1) is 22.7 Å². The van der Waals surface area contributed by atoms with E-state index in [1.807, 2.05) is 13.8 Å². The van der Waals surface area contributed by atoms with Crippen LogP contribution in [0.15, 0.2) is 23.3 Å². The molecule has 0 heterocycles. The summed E-state index contributed by atoms with van der Waals surface area (Å²) in [5.41, 5.74) is 1.39. The minimum Gasteiger partial charge on any atom is -0.458 e. The Morgan fingerprint density at radius 2 is 1.55 bits per heavy atom. The molecule has 0 aromatic carbocycles. The second kappa shape index (κ2) is 8.90. The summed E-state index contributed by atoms with van der Waals surface area (Å²) in [7, 11) is 0. The van der Waals surface area contributed by atoms with Gasteiger partial charge in [-0.05, 0) is 66.6 Å². The third-order valence-corrected chi connectivity index (χ3v) is 8.37. The van der Waals surface area contributed by atoms with E-state index in [9.17, 15) is 19.5 Å². The van der Waals surface area contributed by atoms with E-state index in [0.29, 0.717) is 25.7 Å². The van der Waals surface area contributed by atoms with Gasteiger partial charge in [0, 0.05) is 26.2 Å². The van der Waals surface area contributed by atoms with E-state index in [0.717, 1.165) is 16.7 Å². The van der Waals surface area contributed by atoms with Gasteiger partial charge < -0.3 is 19.3 Å². The SMILES string of the molecule is C=C1[C@H]2CC3C[C@H](OC(C)=O)C(C)=C([C@@H](OC(C)=O)[C@H](OC(C)=O)[C@]2(C)CC[C@@H]1O)C3(C)C. The van der Waals surface area contributed by atoms with Gasteiger partial charge in [0.1, 0.15) is 12.2 Å². The Morgan fingerprint density at radius 3 is 2.09 bits per heavy atom. The van der Waals surface area contributed by atoms with Gasteiger partial charge in [-0.3, -0.25) is 14.4 Å². The number of fused-ring (bicyclic) bond motifs is 3. The molecule has 7 heteroatoms. The third kappa shape index (κ3) is 4.48. The topological polar surface area (TPSA) is 99.1 Å². The Labute approximate surface area is 196 Å². The fourth-order valence-corrected chi connectivity index (χ4v) is 6.63. The van der Waals surface area contributed by atoms with E-state index in [-0.39, 0.29) is 17.8 Å². The molecule has 2 saturated carbocycles. The first-order valence-corrected chi connectivity index (χ1v) is 11.8. The summed E-state index contributed by atoms with van der Waals surface area (Å²) in [4.78, 5) is 36.5. The lowest BCUT2D eigenvalue weighted by Crippen LogP contribution is -2.59. The summed E-state index contributed by atoms with van der Waals surface area (Å²) in [5, 5.41) is 10.7. The highest BCUT2D eigenvalue weighted by Gasteiger charge is 2.59. The second-order valence-electron chi connectivity index (χ2n) is 10.8. The van der Waals surface area contributed by atoms with Crippen molar-refractivity contribution in [3.05, 3.63) is 23.3 Å². The van der Waals surface area contributed by atoms with Crippen LogP contribution in [0.4, 0.5) is 0 Å². The first-order chi connectivity index (χ1) is 15.2. The molecule has 0 saturated heterocycles. The molecule has 0 aromatic heterocycles. The van der Waals surface area contributed by atoms with E-state index >= 15 is 0 Å². The summed E-state index contributed by atoms with van der Waals surface area (Å²) in [6.45, 7) is 16.5. The minimum atomic E-state index is -0.835. The lowest BCUT2D eigenvalue weighted by Gasteiger charge is -2.57. The van der Waals surface area contributed by atoms with Crippen LogP contribution in [0.3, 0.4) is 0 Å². The maximum Gasteiger partial charge on any atom is 0.303 e. The molecule has 0 amide bonds. The lowest BCUT2D eigenvalue weighted by atomic mass is 9.50. The Bertz CT molecular complexity index is 885. The van der Waals surface area contributed by atoms with Gasteiger partial charge >= 0.3 is 17.9 Å². The molecular formula is C26H38O7. The molecule has 0 aromatic rings. The van der Waals surface area contributed by atoms with Crippen LogP contribution in [0.25, 0.3) is 0 Å². The van der Waals surface area contributed by atoms with Crippen molar-refractivity contribution < 1.29 is 33.7 Å². The first-order valence-electron chi connectivity index (χ1n) is 11.8. The predicted octanol–water partition coefficient (Wildman–Crippen LogP) is 3.88. The van der Waals surface area contributed by atoms with Crippen LogP contribution >= 0.6 is 0 Å². The van der Waals surface area contributed by atoms with Crippen molar-refractivity contribution >= 4 is 17.9 Å². The Kier molecular flexibility index (Phi) is 6.87. The number of carbonyl (C=O) groups is 3. The average molecular weight is 463 g/mol. The highest BCUT2D eigenvalue weighted by atomic mass is 16.6. The first kappa shape index (κ1) is 25.5. The van der Waals surface area contributed by atoms with E-state index in [2.05, 4.69) is 20.4 Å². The van der Waals surface area contributed by atoms with Gasteiger partial charge in [-0.15, -0.1) is 0 Å². The smallest absolute Gasteiger partial charge is 0.303 e. The van der Waals surface area contributed by atoms with Crippen LogP contribution in [0.1, 0.15) is 74.1 Å². The second-order valence-corrected chi connectivity index (χ2v) is 10.8. The minimum absolute atomic E-state index is 0.0725. The molecule has 7 nitrogen and oxygen atoms in total. The fourth-order valence-electron chi connectivity index (χ4n) is 6.63. The van der Waals surface area contributed by atoms with Gasteiger partial charge in [-0.25, -0.2) is 0 Å². The van der Waals surface area contributed by atoms with Crippen molar-refractivity contribution in [1.82, 2.24) is 0 Å². The molecule has 3 rings (SSSR count). The molecule has 3 aliphatic carbocycles. The van der Waals surface area contributed by atoms with Crippen LogP contribution in [0.2, 0.25) is 0 Å². The summed E-state index contributed by atoms with van der Waals surface area (Å²) in [6, 6.07) is 0. The number of rotatable bonds is 3. The number of aliphatic hydroxyl groups is 1. The molecule has 0 radical (unpaired) electrons. The van der Waals surface area contributed by atoms with Crippen LogP contribution in [-0.4, -0.2) is 47.4 Å². The molecular weight excluding hydrogens is 424 g/mol. The Hall–Kier alpha value is -2.15. The van der Waals surface area contributed by atoms with E-state index < -0.39 is 47.2 Å². The van der Waals surface area contributed by atoms with Crippen LogP contribution in [-0.2, 0) is 28.6 Å². The number of ether oxygens (including phenoxy) is 3. The Balaban J connectivity index is 2.30. The molecule has 1 N–H and O–H groups in total. The zero-order valence-corrected chi connectivity index (χ0v) is 20.9. The highest BCUT2D eigenvalue weighted by Crippen LogP contribution is 2.60. The third-order valence-electron chi connectivity index (χ3n) is 8.37. The van der Waals surface area contributed by atoms with Gasteiger partial charge in [-0.2, -0.15) is 0 Å². The molecule has 0 spiro atoms. The quantitative estimate of drug-likeness (QED) is 0.386. The number of aliphatic hydroxyl groups excluding tert-OH is 1. The van der Waals surface area contributed by atoms with Crippen molar-refractivity contribution in [2.75, 3.05) is 0 Å². The number of hydrogen-bond donors (Lipinski definition) is 1. The van der Waals surface area contributed by atoms with Crippen molar-refractivity contribution in [3.8, 4) is 0 Å². The lowest BCUT2D eigenvalue weighted by molar-refractivity contribution is -0.186. The van der Waals surface area contributed by atoms with Gasteiger partial charge in [-0.1, -0.05) is 27.4 Å². The summed E-state index contributed by atoms with van der Waals surface area (Å²) < 4.78 is 17.6. The molecule has 7 atom stereocenters. The van der Waals surface area contributed by atoms with Crippen molar-refractivity contribution in [2.45, 2.75) is 98.6 Å². The monoisotopic (exact) mass is 462 g/mol. The van der Waals surface area contributed by atoms with Gasteiger partial charge in [0.05, 0.1) is 6.10 Å². The zero-order chi connectivity index (χ0) is 24.9. The summed E-state index contributed by atoms with van der Waals surface area (Å²) >= 11 is 0. The molecule has 2 bridgehead atoms. The standard InChI is InChI=1S/C26H38O7/c1-13-19-11-18-12-21(31-15(3)27)14(2)22(25(18,6)7)23(32-16(4)28)24(33-17(5)29)26(19,8)10-9-20(13)30/h18-21,23-24,30H,1,9-12H2,2-8H3/t18?,19-,20+,21+,23-,24+,26-/m1/s1. The van der Waals surface area contributed by atoms with Gasteiger partial charge in [0.2, 0.25) is 0 Å². The molecule has 0 aliphatic heterocycles. The summed E-state index contributed by atoms with van der Waals surface area (Å²) in [6.07, 6.45) is -0.286. The van der Waals surface area contributed by atoms with E-state index in [1.165, 1.54) is 20.8 Å². The number of hydrogen-bond acceptors (Lipinski definition) is 7. The van der Waals surface area contributed by atoms with Crippen LogP contribution < -0.4 is 0 Å². The highest BCUT2D eigenvalue weighted by molar-refractivity contribution is 5.68. The van der Waals surface area contributed by atoms with E-state index in [4.69, 9.17) is 14.2 Å². The summed E-state index contributed by atoms with van der Waals surface area (Å²) in [5.74, 6) is -1.41. The maximum atomic E-state index is 12.3. The molecule has 1 unspecified atom stereocenters. The van der Waals surface area contributed by atoms with Crippen molar-refractivity contribution in [3.63, 3.8) is 0 Å². The molecule has 184 valence electrons.